The first-order valence-electron chi connectivity index (χ1n) is 9.22. The molecule has 0 spiro atoms. The lowest BCUT2D eigenvalue weighted by Crippen LogP contribution is -2.35. The number of carbonyl (C=O) groups is 1. The quantitative estimate of drug-likeness (QED) is 0.683. The summed E-state index contributed by atoms with van der Waals surface area (Å²) in [6.07, 6.45) is 0.925. The molecule has 1 fully saturated rings. The maximum Gasteiger partial charge on any atom is 0.254 e. The van der Waals surface area contributed by atoms with E-state index >= 15 is 0 Å². The van der Waals surface area contributed by atoms with Gasteiger partial charge in [0, 0.05) is 49.1 Å². The van der Waals surface area contributed by atoms with Crippen molar-refractivity contribution in [2.45, 2.75) is 19.9 Å². The van der Waals surface area contributed by atoms with Gasteiger partial charge in [-0.1, -0.05) is 24.3 Å². The smallest absolute Gasteiger partial charge is 0.254 e. The number of hydrogen-bond donors (Lipinski definition) is 0. The first-order chi connectivity index (χ1) is 13.1. The van der Waals surface area contributed by atoms with Crippen LogP contribution >= 0.6 is 11.3 Å². The average molecular weight is 383 g/mol. The maximum absolute atomic E-state index is 14.1. The number of aryl methyl sites for hydroxylation is 1. The summed E-state index contributed by atoms with van der Waals surface area (Å²) in [4.78, 5) is 21.9. The van der Waals surface area contributed by atoms with E-state index in [1.165, 1.54) is 6.07 Å². The fourth-order valence-corrected chi connectivity index (χ4v) is 4.27. The fourth-order valence-electron chi connectivity index (χ4n) is 3.66. The summed E-state index contributed by atoms with van der Waals surface area (Å²) in [7, 11) is 0. The monoisotopic (exact) mass is 383 g/mol. The number of benzene rings is 2. The van der Waals surface area contributed by atoms with Crippen LogP contribution in [-0.2, 0) is 6.54 Å². The molecule has 6 heteroatoms. The number of nitrogens with zero attached hydrogens (tertiary/aromatic N) is 3. The van der Waals surface area contributed by atoms with Crippen LogP contribution in [0.25, 0.3) is 10.8 Å². The van der Waals surface area contributed by atoms with Crippen LogP contribution in [0.15, 0.2) is 41.8 Å². The SMILES string of the molecule is Cc1nc(CN2CCCN(C(=O)c3ccc(F)c4ccccc34)CC2)cs1. The van der Waals surface area contributed by atoms with Crippen LogP contribution in [-0.4, -0.2) is 46.9 Å². The summed E-state index contributed by atoms with van der Waals surface area (Å²) in [6, 6.07) is 10.2. The lowest BCUT2D eigenvalue weighted by Gasteiger charge is -2.22. The molecule has 1 aliphatic rings. The Bertz CT molecular complexity index is 971. The van der Waals surface area contributed by atoms with Gasteiger partial charge in [-0.3, -0.25) is 9.69 Å². The molecule has 0 unspecified atom stereocenters. The molecule has 2 heterocycles. The van der Waals surface area contributed by atoms with Gasteiger partial charge < -0.3 is 4.90 Å². The van der Waals surface area contributed by atoms with Crippen LogP contribution in [0, 0.1) is 12.7 Å². The number of aromatic nitrogens is 1. The third kappa shape index (κ3) is 3.87. The predicted molar refractivity (Wildman–Crippen MR) is 107 cm³/mol. The molecule has 0 N–H and O–H groups in total. The Labute approximate surface area is 162 Å². The standard InChI is InChI=1S/C21H22FN3OS/c1-15-23-16(14-27-15)13-24-9-4-10-25(12-11-24)21(26)19-7-8-20(22)18-6-3-2-5-17(18)19/h2-3,5-8,14H,4,9-13H2,1H3. The minimum absolute atomic E-state index is 0.0162. The maximum atomic E-state index is 14.1. The van der Waals surface area contributed by atoms with E-state index in [1.807, 2.05) is 24.0 Å². The molecule has 1 saturated heterocycles. The zero-order valence-electron chi connectivity index (χ0n) is 15.3. The summed E-state index contributed by atoms with van der Waals surface area (Å²) in [5, 5.41) is 4.37. The number of hydrogen-bond acceptors (Lipinski definition) is 4. The second-order valence-corrected chi connectivity index (χ2v) is 7.98. The van der Waals surface area contributed by atoms with Gasteiger partial charge in [0.25, 0.3) is 5.91 Å². The van der Waals surface area contributed by atoms with E-state index in [4.69, 9.17) is 0 Å². The normalized spacial score (nSPS) is 15.9. The lowest BCUT2D eigenvalue weighted by molar-refractivity contribution is 0.0763. The van der Waals surface area contributed by atoms with Gasteiger partial charge in [-0.15, -0.1) is 11.3 Å². The van der Waals surface area contributed by atoms with E-state index in [0.29, 0.717) is 22.9 Å². The van der Waals surface area contributed by atoms with Gasteiger partial charge in [0.15, 0.2) is 0 Å². The molecule has 2 aromatic carbocycles. The summed E-state index contributed by atoms with van der Waals surface area (Å²) >= 11 is 1.67. The molecule has 0 bridgehead atoms. The zero-order valence-corrected chi connectivity index (χ0v) is 16.1. The number of rotatable bonds is 3. The Balaban J connectivity index is 1.49. The first-order valence-corrected chi connectivity index (χ1v) is 10.1. The van der Waals surface area contributed by atoms with Crippen molar-refractivity contribution >= 4 is 28.0 Å². The molecular formula is C21H22FN3OS. The molecule has 1 aliphatic heterocycles. The molecule has 27 heavy (non-hydrogen) atoms. The summed E-state index contributed by atoms with van der Waals surface area (Å²) in [6.45, 7) is 6.01. The van der Waals surface area contributed by atoms with Crippen molar-refractivity contribution in [3.8, 4) is 0 Å². The van der Waals surface area contributed by atoms with Crippen LogP contribution < -0.4 is 0 Å². The van der Waals surface area contributed by atoms with Crippen molar-refractivity contribution in [2.24, 2.45) is 0 Å². The highest BCUT2D eigenvalue weighted by Crippen LogP contribution is 2.23. The minimum atomic E-state index is -0.289. The molecule has 1 amide bonds. The van der Waals surface area contributed by atoms with E-state index < -0.39 is 0 Å². The number of amides is 1. The van der Waals surface area contributed by atoms with E-state index in [1.54, 1.807) is 29.5 Å². The Morgan fingerprint density at radius 3 is 2.70 bits per heavy atom. The van der Waals surface area contributed by atoms with Crippen LogP contribution in [0.4, 0.5) is 4.39 Å². The van der Waals surface area contributed by atoms with E-state index in [0.717, 1.165) is 43.3 Å². The highest BCUT2D eigenvalue weighted by molar-refractivity contribution is 7.09. The molecule has 0 saturated carbocycles. The first kappa shape index (κ1) is 18.1. The summed E-state index contributed by atoms with van der Waals surface area (Å²) in [5.41, 5.74) is 1.68. The fraction of sp³-hybridized carbons (Fsp3) is 0.333. The molecule has 3 aromatic rings. The summed E-state index contributed by atoms with van der Waals surface area (Å²) in [5.74, 6) is -0.305. The molecular weight excluding hydrogens is 361 g/mol. The van der Waals surface area contributed by atoms with Crippen LogP contribution in [0.2, 0.25) is 0 Å². The molecule has 4 nitrogen and oxygen atoms in total. The van der Waals surface area contributed by atoms with Crippen molar-refractivity contribution in [1.82, 2.24) is 14.8 Å². The van der Waals surface area contributed by atoms with Crippen LogP contribution in [0.1, 0.15) is 27.5 Å². The molecule has 0 aliphatic carbocycles. The van der Waals surface area contributed by atoms with Gasteiger partial charge in [0.1, 0.15) is 5.82 Å². The summed E-state index contributed by atoms with van der Waals surface area (Å²) < 4.78 is 14.1. The Kier molecular flexibility index (Phi) is 5.18. The highest BCUT2D eigenvalue weighted by Gasteiger charge is 2.22. The molecule has 0 atom stereocenters. The van der Waals surface area contributed by atoms with E-state index in [9.17, 15) is 9.18 Å². The zero-order chi connectivity index (χ0) is 18.8. The third-order valence-corrected chi connectivity index (χ3v) is 5.85. The molecule has 4 rings (SSSR count). The topological polar surface area (TPSA) is 36.4 Å². The van der Waals surface area contributed by atoms with Crippen molar-refractivity contribution in [3.05, 3.63) is 63.9 Å². The Morgan fingerprint density at radius 2 is 1.93 bits per heavy atom. The van der Waals surface area contributed by atoms with E-state index in [-0.39, 0.29) is 11.7 Å². The molecule has 140 valence electrons. The van der Waals surface area contributed by atoms with Gasteiger partial charge in [-0.05, 0) is 30.9 Å². The second-order valence-electron chi connectivity index (χ2n) is 6.92. The average Bonchev–Trinajstić information content (AvgIpc) is 2.94. The number of fused-ring (bicyclic) bond motifs is 1. The van der Waals surface area contributed by atoms with Crippen LogP contribution in [0.5, 0.6) is 0 Å². The van der Waals surface area contributed by atoms with Crippen LogP contribution in [0.3, 0.4) is 0 Å². The van der Waals surface area contributed by atoms with Crippen molar-refractivity contribution in [2.75, 3.05) is 26.2 Å². The van der Waals surface area contributed by atoms with Crippen molar-refractivity contribution < 1.29 is 9.18 Å². The number of halogens is 1. The third-order valence-electron chi connectivity index (χ3n) is 5.03. The minimum Gasteiger partial charge on any atom is -0.337 e. The molecule has 0 radical (unpaired) electrons. The Hall–Kier alpha value is -2.31. The van der Waals surface area contributed by atoms with Crippen molar-refractivity contribution in [3.63, 3.8) is 0 Å². The lowest BCUT2D eigenvalue weighted by atomic mass is 10.0. The van der Waals surface area contributed by atoms with Gasteiger partial charge >= 0.3 is 0 Å². The number of thiazole rings is 1. The van der Waals surface area contributed by atoms with Gasteiger partial charge in [-0.25, -0.2) is 9.37 Å². The highest BCUT2D eigenvalue weighted by atomic mass is 32.1. The molecule has 1 aromatic heterocycles. The number of carbonyl (C=O) groups excluding carboxylic acids is 1. The van der Waals surface area contributed by atoms with Gasteiger partial charge in [0.05, 0.1) is 10.7 Å². The van der Waals surface area contributed by atoms with Gasteiger partial charge in [-0.2, -0.15) is 0 Å². The van der Waals surface area contributed by atoms with E-state index in [2.05, 4.69) is 15.3 Å². The second kappa shape index (κ2) is 7.74. The largest absolute Gasteiger partial charge is 0.337 e. The van der Waals surface area contributed by atoms with Crippen molar-refractivity contribution in [1.29, 1.82) is 0 Å². The Morgan fingerprint density at radius 1 is 1.11 bits per heavy atom. The predicted octanol–water partition coefficient (Wildman–Crippen LogP) is 4.09. The van der Waals surface area contributed by atoms with Gasteiger partial charge in [0.2, 0.25) is 0 Å².